The van der Waals surface area contributed by atoms with E-state index in [4.69, 9.17) is 23.2 Å². The van der Waals surface area contributed by atoms with Crippen molar-refractivity contribution in [3.63, 3.8) is 0 Å². The van der Waals surface area contributed by atoms with Crippen molar-refractivity contribution in [3.05, 3.63) is 22.4 Å². The quantitative estimate of drug-likeness (QED) is 0.828. The van der Waals surface area contributed by atoms with Gasteiger partial charge in [0.2, 0.25) is 10.0 Å². The highest BCUT2D eigenvalue weighted by Gasteiger charge is 2.25. The van der Waals surface area contributed by atoms with E-state index in [0.29, 0.717) is 13.0 Å². The second-order valence-electron chi connectivity index (χ2n) is 4.63. The Balaban J connectivity index is 2.03. The van der Waals surface area contributed by atoms with E-state index in [9.17, 15) is 13.5 Å². The Bertz CT molecular complexity index is 565. The predicted molar refractivity (Wildman–Crippen MR) is 72.8 cm³/mol. The Hall–Kier alpha value is -0.400. The lowest BCUT2D eigenvalue weighted by atomic mass is 10.1. The summed E-state index contributed by atoms with van der Waals surface area (Å²) in [7, 11) is -3.64. The van der Waals surface area contributed by atoms with Crippen LogP contribution in [0.25, 0.3) is 0 Å². The van der Waals surface area contributed by atoms with Crippen molar-refractivity contribution in [2.24, 2.45) is 5.92 Å². The van der Waals surface area contributed by atoms with Crippen LogP contribution < -0.4 is 4.72 Å². The molecule has 1 aliphatic rings. The summed E-state index contributed by atoms with van der Waals surface area (Å²) < 4.78 is 26.5. The van der Waals surface area contributed by atoms with Crippen LogP contribution in [0.4, 0.5) is 0 Å². The maximum absolute atomic E-state index is 12.0. The van der Waals surface area contributed by atoms with Gasteiger partial charge in [0.1, 0.15) is 10.0 Å². The van der Waals surface area contributed by atoms with E-state index in [-0.39, 0.29) is 27.1 Å². The molecule has 1 aliphatic carbocycles. The van der Waals surface area contributed by atoms with Crippen LogP contribution in [0.2, 0.25) is 10.2 Å². The molecular weight excluding hydrogens is 311 g/mol. The number of hydrogen-bond donors (Lipinski definition) is 2. The second kappa shape index (κ2) is 5.93. The fourth-order valence-electron chi connectivity index (χ4n) is 2.10. The van der Waals surface area contributed by atoms with Gasteiger partial charge in [-0.05, 0) is 31.2 Å². The molecule has 0 amide bonds. The van der Waals surface area contributed by atoms with Gasteiger partial charge in [-0.25, -0.2) is 18.1 Å². The van der Waals surface area contributed by atoms with E-state index in [2.05, 4.69) is 9.71 Å². The third-order valence-corrected chi connectivity index (χ3v) is 5.23. The molecule has 0 bridgehead atoms. The first kappa shape index (κ1) is 15.0. The maximum atomic E-state index is 12.0. The molecule has 0 aromatic carbocycles. The molecule has 2 unspecified atom stereocenters. The number of aliphatic hydroxyl groups excluding tert-OH is 1. The molecule has 8 heteroatoms. The van der Waals surface area contributed by atoms with Crippen LogP contribution in [0.3, 0.4) is 0 Å². The van der Waals surface area contributed by atoms with Gasteiger partial charge in [0, 0.05) is 12.7 Å². The summed E-state index contributed by atoms with van der Waals surface area (Å²) in [6.07, 6.45) is 3.02. The summed E-state index contributed by atoms with van der Waals surface area (Å²) >= 11 is 11.4. The minimum Gasteiger partial charge on any atom is -0.393 e. The van der Waals surface area contributed by atoms with Crippen LogP contribution in [0.15, 0.2) is 17.2 Å². The lowest BCUT2D eigenvalue weighted by molar-refractivity contribution is 0.178. The monoisotopic (exact) mass is 324 g/mol. The number of aliphatic hydroxyl groups is 1. The van der Waals surface area contributed by atoms with Gasteiger partial charge in [0.15, 0.2) is 0 Å². The van der Waals surface area contributed by atoms with E-state index in [1.54, 1.807) is 0 Å². The molecule has 1 fully saturated rings. The zero-order chi connectivity index (χ0) is 14.0. The lowest BCUT2D eigenvalue weighted by Crippen LogP contribution is -2.29. The van der Waals surface area contributed by atoms with Gasteiger partial charge in [0.05, 0.1) is 11.1 Å². The predicted octanol–water partition coefficient (Wildman–Crippen LogP) is 1.83. The van der Waals surface area contributed by atoms with Crippen molar-refractivity contribution in [1.29, 1.82) is 0 Å². The highest BCUT2D eigenvalue weighted by molar-refractivity contribution is 7.89. The third-order valence-electron chi connectivity index (χ3n) is 3.16. The van der Waals surface area contributed by atoms with E-state index < -0.39 is 10.0 Å². The van der Waals surface area contributed by atoms with Crippen LogP contribution >= 0.6 is 23.2 Å². The van der Waals surface area contributed by atoms with Crippen molar-refractivity contribution in [2.45, 2.75) is 30.3 Å². The summed E-state index contributed by atoms with van der Waals surface area (Å²) in [5, 5.41) is 9.56. The Morgan fingerprint density at radius 1 is 1.42 bits per heavy atom. The fourth-order valence-corrected chi connectivity index (χ4v) is 3.52. The van der Waals surface area contributed by atoms with Gasteiger partial charge in [-0.3, -0.25) is 0 Å². The number of aromatic nitrogens is 1. The minimum atomic E-state index is -3.64. The summed E-state index contributed by atoms with van der Waals surface area (Å²) in [6, 6.07) is 1.27. The molecule has 19 heavy (non-hydrogen) atoms. The molecule has 1 heterocycles. The SMILES string of the molecule is O=S(=O)(NCC1CCC(O)C1)c1cnc(Cl)c(Cl)c1. The Morgan fingerprint density at radius 3 is 2.74 bits per heavy atom. The average molecular weight is 325 g/mol. The number of rotatable bonds is 4. The van der Waals surface area contributed by atoms with Crippen molar-refractivity contribution in [1.82, 2.24) is 9.71 Å². The molecule has 1 aromatic rings. The summed E-state index contributed by atoms with van der Waals surface area (Å²) in [5.74, 6) is 0.167. The highest BCUT2D eigenvalue weighted by Crippen LogP contribution is 2.26. The van der Waals surface area contributed by atoms with Crippen LogP contribution in [0.1, 0.15) is 19.3 Å². The first-order chi connectivity index (χ1) is 8.88. The number of hydrogen-bond acceptors (Lipinski definition) is 4. The van der Waals surface area contributed by atoms with E-state index in [1.807, 2.05) is 0 Å². The molecular formula is C11H14Cl2N2O3S. The van der Waals surface area contributed by atoms with Gasteiger partial charge in [0.25, 0.3) is 0 Å². The molecule has 1 saturated carbocycles. The number of halogens is 2. The fraction of sp³-hybridized carbons (Fsp3) is 0.545. The minimum absolute atomic E-state index is 0.0135. The van der Waals surface area contributed by atoms with Crippen LogP contribution in [-0.2, 0) is 10.0 Å². The van der Waals surface area contributed by atoms with Gasteiger partial charge < -0.3 is 5.11 Å². The topological polar surface area (TPSA) is 79.3 Å². The molecule has 2 N–H and O–H groups in total. The van der Waals surface area contributed by atoms with Crippen molar-refractivity contribution >= 4 is 33.2 Å². The molecule has 0 spiro atoms. The summed E-state index contributed by atoms with van der Waals surface area (Å²) in [6.45, 7) is 0.305. The Kier molecular flexibility index (Phi) is 4.68. The number of nitrogens with zero attached hydrogens (tertiary/aromatic N) is 1. The zero-order valence-electron chi connectivity index (χ0n) is 10.0. The molecule has 106 valence electrons. The first-order valence-electron chi connectivity index (χ1n) is 5.87. The van der Waals surface area contributed by atoms with Crippen LogP contribution in [-0.4, -0.2) is 31.2 Å². The smallest absolute Gasteiger partial charge is 0.242 e. The molecule has 1 aromatic heterocycles. The third kappa shape index (κ3) is 3.79. The average Bonchev–Trinajstić information content (AvgIpc) is 2.76. The molecule has 0 aliphatic heterocycles. The molecule has 0 saturated heterocycles. The highest BCUT2D eigenvalue weighted by atomic mass is 35.5. The van der Waals surface area contributed by atoms with Gasteiger partial charge in [-0.2, -0.15) is 0 Å². The molecule has 0 radical (unpaired) electrons. The number of sulfonamides is 1. The van der Waals surface area contributed by atoms with Crippen molar-refractivity contribution in [2.75, 3.05) is 6.54 Å². The van der Waals surface area contributed by atoms with E-state index in [1.165, 1.54) is 12.3 Å². The van der Waals surface area contributed by atoms with E-state index in [0.717, 1.165) is 12.8 Å². The maximum Gasteiger partial charge on any atom is 0.242 e. The van der Waals surface area contributed by atoms with Gasteiger partial charge in [-0.1, -0.05) is 23.2 Å². The van der Waals surface area contributed by atoms with Crippen LogP contribution in [0, 0.1) is 5.92 Å². The number of nitrogens with one attached hydrogen (secondary N) is 1. The molecule has 5 nitrogen and oxygen atoms in total. The van der Waals surface area contributed by atoms with Gasteiger partial charge in [-0.15, -0.1) is 0 Å². The summed E-state index contributed by atoms with van der Waals surface area (Å²) in [5.41, 5.74) is 0. The Labute approximate surface area is 122 Å². The van der Waals surface area contributed by atoms with Crippen molar-refractivity contribution in [3.8, 4) is 0 Å². The first-order valence-corrected chi connectivity index (χ1v) is 8.11. The zero-order valence-corrected chi connectivity index (χ0v) is 12.3. The van der Waals surface area contributed by atoms with Crippen LogP contribution in [0.5, 0.6) is 0 Å². The Morgan fingerprint density at radius 2 is 2.16 bits per heavy atom. The second-order valence-corrected chi connectivity index (χ2v) is 7.16. The normalized spacial score (nSPS) is 23.7. The largest absolute Gasteiger partial charge is 0.393 e. The summed E-state index contributed by atoms with van der Waals surface area (Å²) in [4.78, 5) is 3.70. The van der Waals surface area contributed by atoms with Gasteiger partial charge >= 0.3 is 0 Å². The van der Waals surface area contributed by atoms with Crippen molar-refractivity contribution < 1.29 is 13.5 Å². The molecule has 2 atom stereocenters. The standard InChI is InChI=1S/C11H14Cl2N2O3S/c12-10-4-9(6-14-11(10)13)19(17,18)15-5-7-1-2-8(16)3-7/h4,6-8,15-16H,1-3,5H2. The lowest BCUT2D eigenvalue weighted by Gasteiger charge is -2.11. The number of pyridine rings is 1. The van der Waals surface area contributed by atoms with E-state index >= 15 is 0 Å². The molecule has 2 rings (SSSR count).